The predicted molar refractivity (Wildman–Crippen MR) is 108 cm³/mol. The lowest BCUT2D eigenvalue weighted by Gasteiger charge is -2.21. The van der Waals surface area contributed by atoms with Crippen molar-refractivity contribution in [1.82, 2.24) is 0 Å². The largest absolute Gasteiger partial charge is 0.497 e. The number of methoxy groups -OCH3 is 1. The zero-order chi connectivity index (χ0) is 20.0. The van der Waals surface area contributed by atoms with E-state index in [0.717, 1.165) is 4.90 Å². The Balaban J connectivity index is 1.91. The van der Waals surface area contributed by atoms with Gasteiger partial charge in [0.15, 0.2) is 12.6 Å². The monoisotopic (exact) mass is 410 g/mol. The molecule has 0 bridgehead atoms. The first-order chi connectivity index (χ1) is 12.8. The van der Waals surface area contributed by atoms with Gasteiger partial charge in [-0.15, -0.1) is 0 Å². The van der Waals surface area contributed by atoms with Crippen LogP contribution in [0, 0.1) is 0 Å². The minimum Gasteiger partial charge on any atom is -0.497 e. The number of hydrogen-bond donors (Lipinski definition) is 3. The molecule has 0 aliphatic carbocycles. The van der Waals surface area contributed by atoms with Crippen LogP contribution in [0.15, 0.2) is 42.5 Å². The van der Waals surface area contributed by atoms with E-state index in [1.807, 2.05) is 0 Å². The number of nitrogens with one attached hydrogen (secondary N) is 3. The third-order valence-corrected chi connectivity index (χ3v) is 4.70. The average Bonchev–Trinajstić information content (AvgIpc) is 2.64. The fraction of sp³-hybridized carbons (Fsp3) is 0.263. The number of ether oxygens (including phenoxy) is 1. The van der Waals surface area contributed by atoms with Crippen LogP contribution in [0.4, 0.5) is 11.4 Å². The van der Waals surface area contributed by atoms with Crippen LogP contribution in [0.3, 0.4) is 0 Å². The molecule has 0 aromatic heterocycles. The average molecular weight is 411 g/mol. The van der Waals surface area contributed by atoms with Gasteiger partial charge in [-0.1, -0.05) is 23.2 Å². The highest BCUT2D eigenvalue weighted by Crippen LogP contribution is 2.25. The number of carbonyl (C=O) groups is 2. The maximum absolute atomic E-state index is 12.4. The second-order valence-corrected chi connectivity index (χ2v) is 6.98. The van der Waals surface area contributed by atoms with Crippen molar-refractivity contribution in [2.45, 2.75) is 13.0 Å². The van der Waals surface area contributed by atoms with Gasteiger partial charge >= 0.3 is 0 Å². The topological polar surface area (TPSA) is 71.9 Å². The van der Waals surface area contributed by atoms with E-state index in [2.05, 4.69) is 10.6 Å². The van der Waals surface area contributed by atoms with Gasteiger partial charge in [0.2, 0.25) is 0 Å². The fourth-order valence-electron chi connectivity index (χ4n) is 2.34. The quantitative estimate of drug-likeness (QED) is 0.656. The molecule has 6 nitrogen and oxygen atoms in total. The summed E-state index contributed by atoms with van der Waals surface area (Å²) in [5.41, 5.74) is 1.10. The first-order valence-electron chi connectivity index (χ1n) is 8.32. The Morgan fingerprint density at radius 1 is 1.11 bits per heavy atom. The van der Waals surface area contributed by atoms with Crippen LogP contribution in [0.5, 0.6) is 5.75 Å². The fourth-order valence-corrected chi connectivity index (χ4v) is 2.68. The van der Waals surface area contributed by atoms with E-state index in [4.69, 9.17) is 27.9 Å². The Labute approximate surface area is 168 Å². The lowest BCUT2D eigenvalue weighted by atomic mass is 10.2. The van der Waals surface area contributed by atoms with Crippen molar-refractivity contribution < 1.29 is 19.2 Å². The summed E-state index contributed by atoms with van der Waals surface area (Å²) in [7, 11) is 3.35. The summed E-state index contributed by atoms with van der Waals surface area (Å²) in [4.78, 5) is 25.4. The smallest absolute Gasteiger partial charge is 0.282 e. The summed E-state index contributed by atoms with van der Waals surface area (Å²) >= 11 is 12.0. The van der Waals surface area contributed by atoms with Gasteiger partial charge in [0.25, 0.3) is 11.8 Å². The van der Waals surface area contributed by atoms with E-state index in [1.165, 1.54) is 0 Å². The number of anilines is 2. The van der Waals surface area contributed by atoms with Gasteiger partial charge < -0.3 is 20.3 Å². The summed E-state index contributed by atoms with van der Waals surface area (Å²) in [6, 6.07) is 11.4. The Morgan fingerprint density at radius 3 is 2.41 bits per heavy atom. The molecule has 144 valence electrons. The summed E-state index contributed by atoms with van der Waals surface area (Å²) < 4.78 is 5.08. The van der Waals surface area contributed by atoms with Crippen LogP contribution in [-0.2, 0) is 9.59 Å². The van der Waals surface area contributed by atoms with Gasteiger partial charge in [0.1, 0.15) is 5.75 Å². The maximum Gasteiger partial charge on any atom is 0.282 e. The predicted octanol–water partition coefficient (Wildman–Crippen LogP) is 2.48. The van der Waals surface area contributed by atoms with Crippen molar-refractivity contribution in [3.05, 3.63) is 52.5 Å². The molecule has 2 amide bonds. The van der Waals surface area contributed by atoms with Crippen molar-refractivity contribution in [1.29, 1.82) is 0 Å². The number of carbonyl (C=O) groups excluding carboxylic acids is 2. The lowest BCUT2D eigenvalue weighted by molar-refractivity contribution is -0.885. The minimum absolute atomic E-state index is 0.129. The van der Waals surface area contributed by atoms with E-state index in [1.54, 1.807) is 63.5 Å². The molecule has 2 aromatic carbocycles. The van der Waals surface area contributed by atoms with Gasteiger partial charge in [-0.2, -0.15) is 0 Å². The molecule has 2 atom stereocenters. The Morgan fingerprint density at radius 2 is 1.78 bits per heavy atom. The molecule has 0 aliphatic rings. The Hall–Kier alpha value is -2.28. The second-order valence-electron chi connectivity index (χ2n) is 6.13. The van der Waals surface area contributed by atoms with E-state index in [9.17, 15) is 9.59 Å². The highest BCUT2D eigenvalue weighted by molar-refractivity contribution is 6.35. The molecule has 1 unspecified atom stereocenters. The van der Waals surface area contributed by atoms with Gasteiger partial charge in [-0.25, -0.2) is 0 Å². The van der Waals surface area contributed by atoms with E-state index < -0.39 is 6.04 Å². The molecule has 0 spiro atoms. The first kappa shape index (κ1) is 21.0. The standard InChI is InChI=1S/C19H21Cl2N3O3/c1-12(19(26)23-17-10-13(20)4-9-16(17)21)24(2)11-18(25)22-14-5-7-15(27-3)8-6-14/h4-10,12H,11H2,1-3H3,(H,22,25)(H,23,26)/p+1/t12-/m0/s1. The molecule has 8 heteroatoms. The van der Waals surface area contributed by atoms with E-state index in [0.29, 0.717) is 27.2 Å². The van der Waals surface area contributed by atoms with Crippen molar-refractivity contribution in [3.63, 3.8) is 0 Å². The first-order valence-corrected chi connectivity index (χ1v) is 9.08. The normalized spacial score (nSPS) is 12.8. The molecule has 0 saturated carbocycles. The SMILES string of the molecule is COc1ccc(NC(=O)C[NH+](C)[C@@H](C)C(=O)Nc2cc(Cl)ccc2Cl)cc1. The van der Waals surface area contributed by atoms with Crippen molar-refractivity contribution in [3.8, 4) is 5.75 Å². The summed E-state index contributed by atoms with van der Waals surface area (Å²) in [6.45, 7) is 1.87. The number of halogens is 2. The zero-order valence-electron chi connectivity index (χ0n) is 15.3. The van der Waals surface area contributed by atoms with Crippen LogP contribution in [-0.4, -0.2) is 38.6 Å². The third kappa shape index (κ3) is 6.13. The third-order valence-electron chi connectivity index (χ3n) is 4.13. The number of hydrogen-bond acceptors (Lipinski definition) is 3. The van der Waals surface area contributed by atoms with Gasteiger partial charge in [-0.3, -0.25) is 9.59 Å². The molecule has 3 N–H and O–H groups in total. The maximum atomic E-state index is 12.4. The van der Waals surface area contributed by atoms with Gasteiger partial charge in [0, 0.05) is 10.7 Å². The van der Waals surface area contributed by atoms with Crippen LogP contribution in [0.1, 0.15) is 6.92 Å². The van der Waals surface area contributed by atoms with Crippen LogP contribution >= 0.6 is 23.2 Å². The van der Waals surface area contributed by atoms with Crippen molar-refractivity contribution in [2.75, 3.05) is 31.3 Å². The number of quaternary nitrogens is 1. The van der Waals surface area contributed by atoms with E-state index in [-0.39, 0.29) is 18.4 Å². The lowest BCUT2D eigenvalue weighted by Crippen LogP contribution is -3.14. The number of likely N-dealkylation sites (N-methyl/N-ethyl adjacent to an activating group) is 1. The molecule has 2 rings (SSSR count). The van der Waals surface area contributed by atoms with Crippen LogP contribution in [0.2, 0.25) is 10.0 Å². The van der Waals surface area contributed by atoms with Crippen LogP contribution in [0.25, 0.3) is 0 Å². The highest BCUT2D eigenvalue weighted by atomic mass is 35.5. The Kier molecular flexibility index (Phi) is 7.47. The van der Waals surface area contributed by atoms with Crippen molar-refractivity contribution >= 4 is 46.4 Å². The molecular weight excluding hydrogens is 389 g/mol. The minimum atomic E-state index is -0.471. The summed E-state index contributed by atoms with van der Waals surface area (Å²) in [5, 5.41) is 6.42. The highest BCUT2D eigenvalue weighted by Gasteiger charge is 2.24. The summed E-state index contributed by atoms with van der Waals surface area (Å²) in [5.74, 6) is 0.257. The molecule has 0 saturated heterocycles. The van der Waals surface area contributed by atoms with Gasteiger partial charge in [0.05, 0.1) is 24.9 Å². The number of rotatable bonds is 7. The van der Waals surface area contributed by atoms with Gasteiger partial charge in [-0.05, 0) is 49.4 Å². The molecule has 0 fully saturated rings. The second kappa shape index (κ2) is 9.60. The Bertz CT molecular complexity index is 812. The number of amides is 2. The summed E-state index contributed by atoms with van der Waals surface area (Å²) in [6.07, 6.45) is 0. The molecule has 2 aromatic rings. The van der Waals surface area contributed by atoms with Crippen LogP contribution < -0.4 is 20.3 Å². The van der Waals surface area contributed by atoms with Crippen molar-refractivity contribution in [2.24, 2.45) is 0 Å². The molecule has 0 heterocycles. The van der Waals surface area contributed by atoms with E-state index >= 15 is 0 Å². The zero-order valence-corrected chi connectivity index (χ0v) is 16.8. The molecular formula is C19H22Cl2N3O3+. The molecule has 0 aliphatic heterocycles. The number of benzene rings is 2. The molecule has 0 radical (unpaired) electrons. The molecule has 27 heavy (non-hydrogen) atoms.